The maximum absolute atomic E-state index is 11.5. The molecular weight excluding hydrogens is 202 g/mol. The molecule has 0 amide bonds. The predicted octanol–water partition coefficient (Wildman–Crippen LogP) is 0.308. The van der Waals surface area contributed by atoms with E-state index in [4.69, 9.17) is 5.73 Å². The summed E-state index contributed by atoms with van der Waals surface area (Å²) in [6.45, 7) is 0. The van der Waals surface area contributed by atoms with Crippen LogP contribution in [0.5, 0.6) is 0 Å². The van der Waals surface area contributed by atoms with Gasteiger partial charge in [-0.3, -0.25) is 0 Å². The summed E-state index contributed by atoms with van der Waals surface area (Å²) >= 11 is 0. The van der Waals surface area contributed by atoms with E-state index >= 15 is 0 Å². The fourth-order valence-corrected chi connectivity index (χ4v) is 3.52. The van der Waals surface area contributed by atoms with Gasteiger partial charge >= 0.3 is 0 Å². The van der Waals surface area contributed by atoms with Crippen LogP contribution in [0.25, 0.3) is 0 Å². The standard InChI is InChI=1S/C8H11N3O2S/c9-8-4-3-6(10-11-8)7-2-1-5-14(7,12)13/h3-4,7H,1-2,5H2,(H2,9,11). The van der Waals surface area contributed by atoms with Gasteiger partial charge in [0, 0.05) is 0 Å². The van der Waals surface area contributed by atoms with E-state index in [0.29, 0.717) is 24.4 Å². The SMILES string of the molecule is Nc1ccc(C2CCCS2(=O)=O)nn1. The number of anilines is 1. The van der Waals surface area contributed by atoms with E-state index in [1.165, 1.54) is 0 Å². The molecule has 1 unspecified atom stereocenters. The topological polar surface area (TPSA) is 85.9 Å². The average molecular weight is 213 g/mol. The summed E-state index contributed by atoms with van der Waals surface area (Å²) in [5, 5.41) is 6.98. The van der Waals surface area contributed by atoms with E-state index in [2.05, 4.69) is 10.2 Å². The van der Waals surface area contributed by atoms with Crippen LogP contribution in [-0.2, 0) is 9.84 Å². The first-order valence-electron chi connectivity index (χ1n) is 4.40. The first kappa shape index (κ1) is 9.39. The van der Waals surface area contributed by atoms with Crippen LogP contribution >= 0.6 is 0 Å². The Bertz CT molecular complexity index is 426. The average Bonchev–Trinajstić information content (AvgIpc) is 2.47. The van der Waals surface area contributed by atoms with Crippen LogP contribution in [0, 0.1) is 0 Å². The monoisotopic (exact) mass is 213 g/mol. The zero-order valence-electron chi connectivity index (χ0n) is 7.55. The van der Waals surface area contributed by atoms with E-state index < -0.39 is 15.1 Å². The summed E-state index contributed by atoms with van der Waals surface area (Å²) in [5.41, 5.74) is 5.88. The number of nitrogens with two attached hydrogens (primary N) is 1. The van der Waals surface area contributed by atoms with Gasteiger partial charge in [-0.2, -0.15) is 5.10 Å². The first-order valence-corrected chi connectivity index (χ1v) is 6.12. The van der Waals surface area contributed by atoms with Crippen LogP contribution in [0.4, 0.5) is 5.82 Å². The second-order valence-electron chi connectivity index (χ2n) is 3.38. The maximum Gasteiger partial charge on any atom is 0.158 e. The molecule has 0 aliphatic carbocycles. The lowest BCUT2D eigenvalue weighted by Crippen LogP contribution is -2.10. The second kappa shape index (κ2) is 3.20. The molecule has 0 spiro atoms. The summed E-state index contributed by atoms with van der Waals surface area (Å²) in [6, 6.07) is 3.21. The molecule has 5 nitrogen and oxygen atoms in total. The second-order valence-corrected chi connectivity index (χ2v) is 5.68. The Labute approximate surface area is 82.3 Å². The number of nitrogen functional groups attached to an aromatic ring is 1. The smallest absolute Gasteiger partial charge is 0.158 e. The van der Waals surface area contributed by atoms with E-state index in [-0.39, 0.29) is 5.75 Å². The fraction of sp³-hybridized carbons (Fsp3) is 0.500. The number of rotatable bonds is 1. The third-order valence-electron chi connectivity index (χ3n) is 2.36. The summed E-state index contributed by atoms with van der Waals surface area (Å²) < 4.78 is 23.1. The highest BCUT2D eigenvalue weighted by Gasteiger charge is 2.33. The van der Waals surface area contributed by atoms with Gasteiger partial charge in [0.25, 0.3) is 0 Å². The van der Waals surface area contributed by atoms with Gasteiger partial charge in [0.2, 0.25) is 0 Å². The zero-order valence-corrected chi connectivity index (χ0v) is 8.37. The number of hydrogen-bond acceptors (Lipinski definition) is 5. The molecule has 1 aliphatic heterocycles. The lowest BCUT2D eigenvalue weighted by Gasteiger charge is -2.06. The van der Waals surface area contributed by atoms with Gasteiger partial charge in [0.15, 0.2) is 9.84 Å². The van der Waals surface area contributed by atoms with Crippen LogP contribution < -0.4 is 5.73 Å². The molecule has 2 heterocycles. The van der Waals surface area contributed by atoms with Gasteiger partial charge in [-0.15, -0.1) is 5.10 Å². The van der Waals surface area contributed by atoms with Gasteiger partial charge in [0.05, 0.1) is 11.4 Å². The molecule has 1 saturated heterocycles. The molecule has 6 heteroatoms. The van der Waals surface area contributed by atoms with Crippen molar-refractivity contribution in [1.82, 2.24) is 10.2 Å². The van der Waals surface area contributed by atoms with Crippen molar-refractivity contribution >= 4 is 15.7 Å². The lowest BCUT2D eigenvalue weighted by atomic mass is 10.2. The highest BCUT2D eigenvalue weighted by atomic mass is 32.2. The van der Waals surface area contributed by atoms with Crippen LogP contribution in [0.3, 0.4) is 0 Å². The van der Waals surface area contributed by atoms with Gasteiger partial charge in [-0.05, 0) is 25.0 Å². The molecule has 14 heavy (non-hydrogen) atoms. The number of sulfone groups is 1. The molecule has 0 bridgehead atoms. The quantitative estimate of drug-likeness (QED) is 0.725. The highest BCUT2D eigenvalue weighted by Crippen LogP contribution is 2.32. The van der Waals surface area contributed by atoms with Crippen molar-refractivity contribution < 1.29 is 8.42 Å². The summed E-state index contributed by atoms with van der Waals surface area (Å²) in [5.74, 6) is 0.563. The molecule has 1 aromatic heterocycles. The van der Waals surface area contributed by atoms with Crippen LogP contribution in [-0.4, -0.2) is 24.4 Å². The van der Waals surface area contributed by atoms with Crippen molar-refractivity contribution in [2.45, 2.75) is 18.1 Å². The largest absolute Gasteiger partial charge is 0.382 e. The third kappa shape index (κ3) is 1.57. The summed E-state index contributed by atoms with van der Waals surface area (Å²) in [7, 11) is -3.00. The van der Waals surface area contributed by atoms with Crippen molar-refractivity contribution in [3.05, 3.63) is 17.8 Å². The number of hydrogen-bond donors (Lipinski definition) is 1. The first-order chi connectivity index (χ1) is 6.59. The van der Waals surface area contributed by atoms with Gasteiger partial charge in [-0.25, -0.2) is 8.42 Å². The van der Waals surface area contributed by atoms with Crippen LogP contribution in [0.15, 0.2) is 12.1 Å². The fourth-order valence-electron chi connectivity index (χ4n) is 1.65. The Morgan fingerprint density at radius 3 is 2.64 bits per heavy atom. The van der Waals surface area contributed by atoms with E-state index in [1.807, 2.05) is 0 Å². The minimum Gasteiger partial charge on any atom is -0.382 e. The lowest BCUT2D eigenvalue weighted by molar-refractivity contribution is 0.590. The van der Waals surface area contributed by atoms with Crippen molar-refractivity contribution in [2.24, 2.45) is 0 Å². The van der Waals surface area contributed by atoms with Crippen LogP contribution in [0.1, 0.15) is 23.8 Å². The zero-order chi connectivity index (χ0) is 10.2. The van der Waals surface area contributed by atoms with Gasteiger partial charge in [-0.1, -0.05) is 0 Å². The number of nitrogens with zero attached hydrogens (tertiary/aromatic N) is 2. The van der Waals surface area contributed by atoms with E-state index in [1.54, 1.807) is 12.1 Å². The third-order valence-corrected chi connectivity index (χ3v) is 4.57. The van der Waals surface area contributed by atoms with E-state index in [9.17, 15) is 8.42 Å². The Kier molecular flexibility index (Phi) is 2.14. The molecule has 1 fully saturated rings. The molecule has 0 saturated carbocycles. The molecular formula is C8H11N3O2S. The molecule has 1 aliphatic rings. The minimum atomic E-state index is -3.00. The Morgan fingerprint density at radius 1 is 1.36 bits per heavy atom. The molecule has 0 aromatic carbocycles. The molecule has 2 rings (SSSR count). The van der Waals surface area contributed by atoms with E-state index in [0.717, 1.165) is 0 Å². The summed E-state index contributed by atoms with van der Waals surface area (Å²) in [4.78, 5) is 0. The molecule has 1 aromatic rings. The van der Waals surface area contributed by atoms with Crippen LogP contribution in [0.2, 0.25) is 0 Å². The van der Waals surface area contributed by atoms with Crippen molar-refractivity contribution in [3.63, 3.8) is 0 Å². The Hall–Kier alpha value is -1.17. The van der Waals surface area contributed by atoms with Crippen molar-refractivity contribution in [1.29, 1.82) is 0 Å². The maximum atomic E-state index is 11.5. The van der Waals surface area contributed by atoms with Gasteiger partial charge in [0.1, 0.15) is 11.1 Å². The Morgan fingerprint density at radius 2 is 2.14 bits per heavy atom. The minimum absolute atomic E-state index is 0.254. The van der Waals surface area contributed by atoms with Gasteiger partial charge < -0.3 is 5.73 Å². The molecule has 1 atom stereocenters. The summed E-state index contributed by atoms with van der Waals surface area (Å²) in [6.07, 6.45) is 1.35. The Balaban J connectivity index is 2.36. The molecule has 2 N–H and O–H groups in total. The van der Waals surface area contributed by atoms with Crippen molar-refractivity contribution in [2.75, 3.05) is 11.5 Å². The number of aromatic nitrogens is 2. The van der Waals surface area contributed by atoms with Crippen molar-refractivity contribution in [3.8, 4) is 0 Å². The normalized spacial score (nSPS) is 25.0. The molecule has 76 valence electrons. The predicted molar refractivity (Wildman–Crippen MR) is 52.2 cm³/mol. The molecule has 0 radical (unpaired) electrons. The highest BCUT2D eigenvalue weighted by molar-refractivity contribution is 7.91.